The van der Waals surface area contributed by atoms with Crippen LogP contribution in [-0.4, -0.2) is 33.9 Å². The van der Waals surface area contributed by atoms with Crippen LogP contribution in [0, 0.1) is 0 Å². The van der Waals surface area contributed by atoms with E-state index >= 15 is 0 Å². The molecule has 0 saturated heterocycles. The molecule has 0 aliphatic carbocycles. The summed E-state index contributed by atoms with van der Waals surface area (Å²) in [5, 5.41) is 13.4. The monoisotopic (exact) mass is 338 g/mol. The highest BCUT2D eigenvalue weighted by Gasteiger charge is 2.15. The first kappa shape index (κ1) is 17.1. The van der Waals surface area contributed by atoms with Gasteiger partial charge in [0, 0.05) is 28.0 Å². The molecule has 6 heteroatoms. The first-order valence-electron chi connectivity index (χ1n) is 7.14. The highest BCUT2D eigenvalue weighted by Crippen LogP contribution is 2.31. The molecule has 2 rings (SSSR count). The number of amides is 1. The van der Waals surface area contributed by atoms with E-state index in [1.807, 2.05) is 31.2 Å². The molecule has 4 nitrogen and oxygen atoms in total. The summed E-state index contributed by atoms with van der Waals surface area (Å²) in [5.41, 5.74) is 0.819. The number of thioether (sulfide) groups is 1. The molecule has 2 atom stereocenters. The number of pyridine rings is 1. The summed E-state index contributed by atoms with van der Waals surface area (Å²) < 4.78 is 0. The third-order valence-electron chi connectivity index (χ3n) is 3.20. The van der Waals surface area contributed by atoms with Crippen LogP contribution in [0.1, 0.15) is 20.3 Å². The van der Waals surface area contributed by atoms with Crippen molar-refractivity contribution in [2.75, 3.05) is 6.54 Å². The third kappa shape index (κ3) is 4.60. The molecule has 0 bridgehead atoms. The molecule has 2 N–H and O–H groups in total. The molecule has 1 amide bonds. The van der Waals surface area contributed by atoms with Gasteiger partial charge in [0.15, 0.2) is 0 Å². The van der Waals surface area contributed by atoms with Crippen LogP contribution < -0.4 is 5.32 Å². The number of fused-ring (bicyclic) bond motifs is 1. The van der Waals surface area contributed by atoms with E-state index in [1.54, 1.807) is 13.1 Å². The van der Waals surface area contributed by atoms with Crippen LogP contribution in [0.4, 0.5) is 0 Å². The van der Waals surface area contributed by atoms with Crippen LogP contribution in [0.15, 0.2) is 35.4 Å². The Balaban J connectivity index is 2.05. The molecule has 1 aromatic heterocycles. The number of halogens is 1. The summed E-state index contributed by atoms with van der Waals surface area (Å²) in [5.74, 6) is -0.0374. The Labute approximate surface area is 139 Å². The maximum absolute atomic E-state index is 12.1. The maximum atomic E-state index is 12.1. The minimum Gasteiger partial charge on any atom is -0.393 e. The molecule has 2 aromatic rings. The molecule has 118 valence electrons. The van der Waals surface area contributed by atoms with E-state index in [1.165, 1.54) is 11.8 Å². The first-order chi connectivity index (χ1) is 10.5. The van der Waals surface area contributed by atoms with Gasteiger partial charge < -0.3 is 10.4 Å². The second kappa shape index (κ2) is 7.81. The van der Waals surface area contributed by atoms with Crippen LogP contribution in [0.25, 0.3) is 10.9 Å². The Kier molecular flexibility index (Phi) is 6.06. The van der Waals surface area contributed by atoms with Crippen molar-refractivity contribution in [3.05, 3.63) is 35.5 Å². The van der Waals surface area contributed by atoms with E-state index in [0.29, 0.717) is 18.0 Å². The quantitative estimate of drug-likeness (QED) is 0.794. The zero-order valence-electron chi connectivity index (χ0n) is 12.5. The van der Waals surface area contributed by atoms with Gasteiger partial charge in [-0.1, -0.05) is 17.7 Å². The number of hydrogen-bond acceptors (Lipinski definition) is 4. The normalized spacial score (nSPS) is 13.8. The average molecular weight is 339 g/mol. The van der Waals surface area contributed by atoms with E-state index in [-0.39, 0.29) is 11.2 Å². The van der Waals surface area contributed by atoms with Gasteiger partial charge in [-0.25, -0.2) is 0 Å². The van der Waals surface area contributed by atoms with Crippen molar-refractivity contribution in [1.82, 2.24) is 10.3 Å². The van der Waals surface area contributed by atoms with Crippen LogP contribution in [0.2, 0.25) is 5.02 Å². The fourth-order valence-corrected chi connectivity index (χ4v) is 3.17. The first-order valence-corrected chi connectivity index (χ1v) is 8.40. The summed E-state index contributed by atoms with van der Waals surface area (Å²) in [6.45, 7) is 4.05. The van der Waals surface area contributed by atoms with E-state index in [4.69, 9.17) is 11.6 Å². The van der Waals surface area contributed by atoms with Crippen molar-refractivity contribution in [2.24, 2.45) is 0 Å². The minimum absolute atomic E-state index is 0.0374. The van der Waals surface area contributed by atoms with Gasteiger partial charge in [-0.15, -0.1) is 11.8 Å². The molecule has 1 heterocycles. The highest BCUT2D eigenvalue weighted by atomic mass is 35.5. The lowest BCUT2D eigenvalue weighted by Crippen LogP contribution is -2.32. The van der Waals surface area contributed by atoms with Crippen LogP contribution >= 0.6 is 23.4 Å². The van der Waals surface area contributed by atoms with E-state index in [9.17, 15) is 9.90 Å². The summed E-state index contributed by atoms with van der Waals surface area (Å²) >= 11 is 7.47. The SMILES string of the molecule is CC(O)CCNC(=O)C(C)Sc1ccnc2cc(Cl)ccc12. The Bertz CT molecular complexity index is 664. The molecule has 1 aromatic carbocycles. The van der Waals surface area contributed by atoms with Crippen LogP contribution in [0.3, 0.4) is 0 Å². The summed E-state index contributed by atoms with van der Waals surface area (Å²) in [7, 11) is 0. The zero-order chi connectivity index (χ0) is 16.1. The van der Waals surface area contributed by atoms with Gasteiger partial charge in [-0.2, -0.15) is 0 Å². The fraction of sp³-hybridized carbons (Fsp3) is 0.375. The average Bonchev–Trinajstić information content (AvgIpc) is 2.46. The molecule has 0 saturated carbocycles. The lowest BCUT2D eigenvalue weighted by molar-refractivity contribution is -0.120. The Morgan fingerprint density at radius 2 is 2.18 bits per heavy atom. The van der Waals surface area contributed by atoms with Crippen molar-refractivity contribution in [3.8, 4) is 0 Å². The minimum atomic E-state index is -0.405. The van der Waals surface area contributed by atoms with E-state index in [2.05, 4.69) is 10.3 Å². The predicted molar refractivity (Wildman–Crippen MR) is 91.4 cm³/mol. The van der Waals surface area contributed by atoms with E-state index in [0.717, 1.165) is 15.8 Å². The smallest absolute Gasteiger partial charge is 0.233 e. The fourth-order valence-electron chi connectivity index (χ4n) is 1.99. The summed E-state index contributed by atoms with van der Waals surface area (Å²) in [6, 6.07) is 7.46. The van der Waals surface area contributed by atoms with Gasteiger partial charge in [0.05, 0.1) is 16.9 Å². The number of rotatable bonds is 6. The predicted octanol–water partition coefficient (Wildman–Crippen LogP) is 3.26. The molecular weight excluding hydrogens is 320 g/mol. The largest absolute Gasteiger partial charge is 0.393 e. The van der Waals surface area contributed by atoms with Crippen molar-refractivity contribution in [1.29, 1.82) is 0 Å². The Morgan fingerprint density at radius 1 is 1.41 bits per heavy atom. The van der Waals surface area contributed by atoms with Crippen LogP contribution in [0.5, 0.6) is 0 Å². The second-order valence-corrected chi connectivity index (χ2v) is 6.98. The maximum Gasteiger partial charge on any atom is 0.233 e. The van der Waals surface area contributed by atoms with Gasteiger partial charge in [0.1, 0.15) is 0 Å². The van der Waals surface area contributed by atoms with Gasteiger partial charge in [-0.3, -0.25) is 9.78 Å². The Hall–Kier alpha value is -1.30. The Morgan fingerprint density at radius 3 is 2.91 bits per heavy atom. The molecule has 0 spiro atoms. The molecule has 0 radical (unpaired) electrons. The van der Waals surface area contributed by atoms with Gasteiger partial charge in [0.2, 0.25) is 5.91 Å². The van der Waals surface area contributed by atoms with Crippen molar-refractivity contribution < 1.29 is 9.90 Å². The number of carbonyl (C=O) groups excluding carboxylic acids is 1. The summed E-state index contributed by atoms with van der Waals surface area (Å²) in [6.07, 6.45) is 1.87. The van der Waals surface area contributed by atoms with Crippen molar-refractivity contribution in [3.63, 3.8) is 0 Å². The zero-order valence-corrected chi connectivity index (χ0v) is 14.1. The lowest BCUT2D eigenvalue weighted by atomic mass is 10.2. The molecule has 0 aliphatic heterocycles. The molecule has 0 aliphatic rings. The van der Waals surface area contributed by atoms with Gasteiger partial charge >= 0.3 is 0 Å². The molecule has 22 heavy (non-hydrogen) atoms. The van der Waals surface area contributed by atoms with Gasteiger partial charge in [0.25, 0.3) is 0 Å². The molecule has 0 fully saturated rings. The number of aliphatic hydroxyl groups excluding tert-OH is 1. The van der Waals surface area contributed by atoms with Crippen molar-refractivity contribution >= 4 is 40.2 Å². The standard InChI is InChI=1S/C16H19ClN2O2S/c1-10(20)5-7-19-16(21)11(2)22-15-6-8-18-14-9-12(17)3-4-13(14)15/h3-4,6,8-11,20H,5,7H2,1-2H3,(H,19,21). The van der Waals surface area contributed by atoms with Crippen LogP contribution in [-0.2, 0) is 4.79 Å². The highest BCUT2D eigenvalue weighted by molar-refractivity contribution is 8.00. The number of carbonyl (C=O) groups is 1. The second-order valence-electron chi connectivity index (χ2n) is 5.16. The molecule has 2 unspecified atom stereocenters. The third-order valence-corrected chi connectivity index (χ3v) is 4.61. The number of nitrogens with one attached hydrogen (secondary N) is 1. The number of aromatic nitrogens is 1. The summed E-state index contributed by atoms with van der Waals surface area (Å²) in [4.78, 5) is 17.4. The number of hydrogen-bond donors (Lipinski definition) is 2. The van der Waals surface area contributed by atoms with Gasteiger partial charge in [-0.05, 0) is 38.5 Å². The topological polar surface area (TPSA) is 62.2 Å². The lowest BCUT2D eigenvalue weighted by Gasteiger charge is -2.14. The number of nitrogens with zero attached hydrogens (tertiary/aromatic N) is 1. The molecular formula is C16H19ClN2O2S. The number of aliphatic hydroxyl groups is 1. The van der Waals surface area contributed by atoms with Crippen molar-refractivity contribution in [2.45, 2.75) is 36.5 Å². The van der Waals surface area contributed by atoms with E-state index < -0.39 is 6.10 Å². The number of benzene rings is 1.